The van der Waals surface area contributed by atoms with Gasteiger partial charge in [0.1, 0.15) is 5.39 Å². The maximum absolute atomic E-state index is 13.0. The Hall–Kier alpha value is -3.39. The molecule has 1 amide bonds. The highest BCUT2D eigenvalue weighted by Crippen LogP contribution is 2.21. The minimum absolute atomic E-state index is 0.122. The fourth-order valence-corrected chi connectivity index (χ4v) is 3.85. The molecule has 2 N–H and O–H groups in total. The number of hydrogen-bond donors (Lipinski definition) is 2. The highest BCUT2D eigenvalue weighted by molar-refractivity contribution is 7.99. The quantitative estimate of drug-likeness (QED) is 0.379. The Balaban J connectivity index is 1.62. The zero-order valence-corrected chi connectivity index (χ0v) is 16.6. The number of carbonyl (C=O) groups is 1. The largest absolute Gasteiger partial charge is 0.325 e. The van der Waals surface area contributed by atoms with Crippen molar-refractivity contribution in [2.45, 2.75) is 18.5 Å². The Kier molecular flexibility index (Phi) is 5.44. The van der Waals surface area contributed by atoms with Crippen molar-refractivity contribution in [1.29, 1.82) is 0 Å². The Morgan fingerprint density at radius 3 is 2.69 bits per heavy atom. The van der Waals surface area contributed by atoms with Gasteiger partial charge < -0.3 is 5.32 Å². The first kappa shape index (κ1) is 18.9. The van der Waals surface area contributed by atoms with Crippen LogP contribution in [0, 0.1) is 0 Å². The number of fused-ring (bicyclic) bond motifs is 1. The number of aromatic amines is 1. The smallest absolute Gasteiger partial charge is 0.269 e. The van der Waals surface area contributed by atoms with Crippen LogP contribution in [0.1, 0.15) is 12.5 Å². The predicted octanol–water partition coefficient (Wildman–Crippen LogP) is 3.40. The van der Waals surface area contributed by atoms with Gasteiger partial charge in [-0.3, -0.25) is 19.3 Å². The van der Waals surface area contributed by atoms with E-state index in [1.54, 1.807) is 0 Å². The molecule has 0 saturated carbocycles. The van der Waals surface area contributed by atoms with Crippen LogP contribution in [0.5, 0.6) is 0 Å². The first-order chi connectivity index (χ1) is 14.2. The number of aromatic nitrogens is 4. The van der Waals surface area contributed by atoms with Gasteiger partial charge >= 0.3 is 0 Å². The van der Waals surface area contributed by atoms with Crippen LogP contribution in [-0.2, 0) is 11.2 Å². The lowest BCUT2D eigenvalue weighted by molar-refractivity contribution is -0.113. The molecular weight excluding hydrogens is 386 g/mol. The zero-order chi connectivity index (χ0) is 20.2. The van der Waals surface area contributed by atoms with Gasteiger partial charge in [0, 0.05) is 5.69 Å². The number of nitrogens with one attached hydrogen (secondary N) is 2. The Morgan fingerprint density at radius 1 is 1.14 bits per heavy atom. The summed E-state index contributed by atoms with van der Waals surface area (Å²) < 4.78 is 1.51. The second kappa shape index (κ2) is 8.32. The lowest BCUT2D eigenvalue weighted by atomic mass is 10.1. The van der Waals surface area contributed by atoms with E-state index in [0.29, 0.717) is 21.9 Å². The van der Waals surface area contributed by atoms with Crippen LogP contribution >= 0.6 is 11.8 Å². The lowest BCUT2D eigenvalue weighted by Crippen LogP contribution is -2.22. The van der Waals surface area contributed by atoms with Crippen molar-refractivity contribution in [3.05, 3.63) is 76.7 Å². The molecule has 0 unspecified atom stereocenters. The van der Waals surface area contributed by atoms with Crippen LogP contribution in [0.2, 0.25) is 0 Å². The summed E-state index contributed by atoms with van der Waals surface area (Å²) in [7, 11) is 0. The number of benzene rings is 2. The molecule has 0 aliphatic rings. The summed E-state index contributed by atoms with van der Waals surface area (Å²) >= 11 is 1.21. The number of carbonyl (C=O) groups excluding carboxylic acids is 1. The van der Waals surface area contributed by atoms with Gasteiger partial charge in [-0.15, -0.1) is 0 Å². The fraction of sp³-hybridized carbons (Fsp3) is 0.143. The van der Waals surface area contributed by atoms with Gasteiger partial charge in [-0.2, -0.15) is 5.10 Å². The van der Waals surface area contributed by atoms with Gasteiger partial charge in [-0.05, 0) is 30.2 Å². The number of para-hydroxylation sites is 2. The number of thioether (sulfide) groups is 1. The third-order valence-corrected chi connectivity index (χ3v) is 5.41. The van der Waals surface area contributed by atoms with Crippen molar-refractivity contribution in [1.82, 2.24) is 19.7 Å². The molecule has 2 heterocycles. The Morgan fingerprint density at radius 2 is 1.90 bits per heavy atom. The van der Waals surface area contributed by atoms with E-state index in [1.807, 2.05) is 61.5 Å². The monoisotopic (exact) mass is 405 g/mol. The van der Waals surface area contributed by atoms with E-state index < -0.39 is 0 Å². The first-order valence-electron chi connectivity index (χ1n) is 9.19. The van der Waals surface area contributed by atoms with E-state index in [1.165, 1.54) is 22.5 Å². The molecule has 146 valence electrons. The molecule has 0 aliphatic heterocycles. The second-order valence-electron chi connectivity index (χ2n) is 6.35. The topological polar surface area (TPSA) is 92.7 Å². The fourth-order valence-electron chi connectivity index (χ4n) is 3.04. The number of H-pyrrole nitrogens is 1. The van der Waals surface area contributed by atoms with E-state index in [4.69, 9.17) is 0 Å². The Bertz CT molecular complexity index is 1220. The van der Waals surface area contributed by atoms with Crippen LogP contribution in [0.25, 0.3) is 16.7 Å². The van der Waals surface area contributed by atoms with Crippen LogP contribution in [0.3, 0.4) is 0 Å². The normalized spacial score (nSPS) is 10.9. The molecule has 2 aromatic heterocycles. The second-order valence-corrected chi connectivity index (χ2v) is 7.29. The molecule has 8 heteroatoms. The molecule has 29 heavy (non-hydrogen) atoms. The summed E-state index contributed by atoms with van der Waals surface area (Å²) in [5.41, 5.74) is 2.74. The molecule has 0 fully saturated rings. The van der Waals surface area contributed by atoms with E-state index in [2.05, 4.69) is 20.5 Å². The van der Waals surface area contributed by atoms with Crippen molar-refractivity contribution in [2.75, 3.05) is 11.1 Å². The Labute approximate surface area is 171 Å². The van der Waals surface area contributed by atoms with Crippen LogP contribution in [-0.4, -0.2) is 31.4 Å². The van der Waals surface area contributed by atoms with Crippen molar-refractivity contribution in [3.63, 3.8) is 0 Å². The van der Waals surface area contributed by atoms with Crippen LogP contribution < -0.4 is 10.9 Å². The van der Waals surface area contributed by atoms with Crippen molar-refractivity contribution < 1.29 is 4.79 Å². The molecule has 0 aliphatic carbocycles. The van der Waals surface area contributed by atoms with Gasteiger partial charge in [-0.1, -0.05) is 55.1 Å². The van der Waals surface area contributed by atoms with E-state index in [-0.39, 0.29) is 17.2 Å². The summed E-state index contributed by atoms with van der Waals surface area (Å²) in [6.45, 7) is 2.04. The summed E-state index contributed by atoms with van der Waals surface area (Å²) in [6, 6.07) is 17.0. The molecule has 4 aromatic rings. The third-order valence-electron chi connectivity index (χ3n) is 4.47. The summed E-state index contributed by atoms with van der Waals surface area (Å²) in [4.78, 5) is 30.0. The average Bonchev–Trinajstić information content (AvgIpc) is 3.22. The molecule has 7 nitrogen and oxygen atoms in total. The summed E-state index contributed by atoms with van der Waals surface area (Å²) in [5, 5.41) is 10.4. The zero-order valence-electron chi connectivity index (χ0n) is 15.8. The third kappa shape index (κ3) is 3.93. The molecule has 2 aromatic carbocycles. The number of nitrogens with zero attached hydrogens (tertiary/aromatic N) is 3. The van der Waals surface area contributed by atoms with Crippen molar-refractivity contribution >= 4 is 34.4 Å². The van der Waals surface area contributed by atoms with Crippen molar-refractivity contribution in [3.8, 4) is 5.69 Å². The first-order valence-corrected chi connectivity index (χ1v) is 10.2. The number of aryl methyl sites for hydroxylation is 1. The molecule has 4 rings (SSSR count). The predicted molar refractivity (Wildman–Crippen MR) is 115 cm³/mol. The number of anilines is 1. The highest BCUT2D eigenvalue weighted by atomic mass is 32.2. The summed E-state index contributed by atoms with van der Waals surface area (Å²) in [5.74, 6) is -0.0359. The number of rotatable bonds is 6. The molecule has 0 radical (unpaired) electrons. The summed E-state index contributed by atoms with van der Waals surface area (Å²) in [6.07, 6.45) is 2.29. The maximum atomic E-state index is 13.0. The van der Waals surface area contributed by atoms with E-state index >= 15 is 0 Å². The van der Waals surface area contributed by atoms with Crippen LogP contribution in [0.15, 0.2) is 70.7 Å². The van der Waals surface area contributed by atoms with Gasteiger partial charge in [0.25, 0.3) is 5.56 Å². The lowest BCUT2D eigenvalue weighted by Gasteiger charge is -2.12. The van der Waals surface area contributed by atoms with E-state index in [0.717, 1.165) is 17.7 Å². The van der Waals surface area contributed by atoms with Gasteiger partial charge in [0.05, 0.1) is 17.6 Å². The number of amides is 1. The molecular formula is C21H19N5O2S. The molecule has 0 bridgehead atoms. The molecule has 0 atom stereocenters. The minimum Gasteiger partial charge on any atom is -0.325 e. The van der Waals surface area contributed by atoms with Crippen molar-refractivity contribution in [2.24, 2.45) is 0 Å². The number of hydrogen-bond acceptors (Lipinski definition) is 5. The molecule has 0 saturated heterocycles. The average molecular weight is 405 g/mol. The maximum Gasteiger partial charge on any atom is 0.269 e. The standard InChI is InChI=1S/C21H19N5O2S/c1-2-14-8-6-7-11-17(14)23-18(27)13-29-21-24-19-16(12-22-25-19)20(28)26(21)15-9-4-3-5-10-15/h3-12H,2,13H2,1H3,(H,22,25)(H,23,27). The van der Waals surface area contributed by atoms with Gasteiger partial charge in [-0.25, -0.2) is 4.98 Å². The van der Waals surface area contributed by atoms with Crippen LogP contribution in [0.4, 0.5) is 5.69 Å². The van der Waals surface area contributed by atoms with Gasteiger partial charge in [0.2, 0.25) is 5.91 Å². The van der Waals surface area contributed by atoms with E-state index in [9.17, 15) is 9.59 Å². The highest BCUT2D eigenvalue weighted by Gasteiger charge is 2.16. The molecule has 0 spiro atoms. The van der Waals surface area contributed by atoms with Gasteiger partial charge in [0.15, 0.2) is 10.8 Å². The minimum atomic E-state index is -0.228. The SMILES string of the molecule is CCc1ccccc1NC(=O)CSc1nc2[nH]ncc2c(=O)n1-c1ccccc1.